The molecule has 0 fully saturated rings. The minimum atomic E-state index is -0.475. The van der Waals surface area contributed by atoms with E-state index in [4.69, 9.17) is 5.73 Å². The van der Waals surface area contributed by atoms with Gasteiger partial charge in [-0.05, 0) is 17.5 Å². The Hall–Kier alpha value is -2.28. The molecule has 2 aromatic heterocycles. The third-order valence-electron chi connectivity index (χ3n) is 2.54. The largest absolute Gasteiger partial charge is 0.465 e. The number of nitrogens with zero attached hydrogens (tertiary/aromatic N) is 1. The van der Waals surface area contributed by atoms with E-state index in [1.807, 2.05) is 0 Å². The maximum Gasteiger partial charge on any atom is 0.350 e. The molecule has 0 aliphatic heterocycles. The van der Waals surface area contributed by atoms with Crippen LogP contribution in [0.1, 0.15) is 20.2 Å². The van der Waals surface area contributed by atoms with Crippen LogP contribution in [0.15, 0.2) is 23.7 Å². The Labute approximate surface area is 113 Å². The molecule has 0 saturated carbocycles. The molecule has 0 aromatic carbocycles. The van der Waals surface area contributed by atoms with Gasteiger partial charge in [0.05, 0.1) is 18.5 Å². The average molecular weight is 279 g/mol. The molecule has 6 nitrogen and oxygen atoms in total. The number of nitrogens with two attached hydrogens (primary N) is 1. The summed E-state index contributed by atoms with van der Waals surface area (Å²) in [5.41, 5.74) is 6.97. The molecule has 2 rings (SSSR count). The smallest absolute Gasteiger partial charge is 0.350 e. The highest BCUT2D eigenvalue weighted by Crippen LogP contribution is 2.24. The first-order valence-electron chi connectivity index (χ1n) is 5.42. The van der Waals surface area contributed by atoms with E-state index in [9.17, 15) is 9.59 Å². The lowest BCUT2D eigenvalue weighted by molar-refractivity contribution is 0.0607. The highest BCUT2D eigenvalue weighted by atomic mass is 32.1. The number of methoxy groups -OCH3 is 1. The van der Waals surface area contributed by atoms with Crippen LogP contribution in [-0.4, -0.2) is 23.6 Å². The first kappa shape index (κ1) is 13.2. The van der Waals surface area contributed by atoms with Crippen molar-refractivity contribution in [3.63, 3.8) is 0 Å². The fourth-order valence-corrected chi connectivity index (χ4v) is 2.43. The molecule has 0 atom stereocenters. The molecule has 0 saturated heterocycles. The predicted molar refractivity (Wildman–Crippen MR) is 73.4 cm³/mol. The quantitative estimate of drug-likeness (QED) is 0.837. The molecule has 3 N–H and O–H groups in total. The van der Waals surface area contributed by atoms with Crippen molar-refractivity contribution in [1.82, 2.24) is 4.57 Å². The van der Waals surface area contributed by atoms with Crippen LogP contribution < -0.4 is 11.1 Å². The average Bonchev–Trinajstić information content (AvgIpc) is 2.95. The SMILES string of the molecule is COC(=O)c1sccc1NC(=O)c1cc(N)cn1C. The number of carbonyl (C=O) groups excluding carboxylic acids is 2. The second kappa shape index (κ2) is 5.15. The number of carbonyl (C=O) groups is 2. The molecule has 7 heteroatoms. The highest BCUT2D eigenvalue weighted by molar-refractivity contribution is 7.12. The number of aromatic nitrogens is 1. The van der Waals surface area contributed by atoms with Crippen LogP contribution in [0.3, 0.4) is 0 Å². The van der Waals surface area contributed by atoms with Crippen LogP contribution in [0.5, 0.6) is 0 Å². The van der Waals surface area contributed by atoms with Gasteiger partial charge in [0.15, 0.2) is 0 Å². The number of nitrogen functional groups attached to an aromatic ring is 1. The summed E-state index contributed by atoms with van der Waals surface area (Å²) in [6, 6.07) is 3.22. The zero-order chi connectivity index (χ0) is 14.0. The Morgan fingerprint density at radius 2 is 2.21 bits per heavy atom. The summed E-state index contributed by atoms with van der Waals surface area (Å²) in [6.45, 7) is 0. The first-order valence-corrected chi connectivity index (χ1v) is 6.30. The maximum absolute atomic E-state index is 12.1. The lowest BCUT2D eigenvalue weighted by atomic mass is 10.3. The molecule has 0 aliphatic rings. The van der Waals surface area contributed by atoms with Gasteiger partial charge in [0.1, 0.15) is 10.6 Å². The topological polar surface area (TPSA) is 86.3 Å². The summed E-state index contributed by atoms with van der Waals surface area (Å²) >= 11 is 1.21. The molecule has 0 aliphatic carbocycles. The first-order chi connectivity index (χ1) is 9.02. The summed E-state index contributed by atoms with van der Waals surface area (Å²) in [7, 11) is 3.02. The molecule has 1 amide bonds. The van der Waals surface area contributed by atoms with E-state index >= 15 is 0 Å². The Kier molecular flexibility index (Phi) is 3.57. The minimum Gasteiger partial charge on any atom is -0.465 e. The number of anilines is 2. The number of esters is 1. The van der Waals surface area contributed by atoms with E-state index < -0.39 is 5.97 Å². The molecule has 0 unspecified atom stereocenters. The number of thiophene rings is 1. The van der Waals surface area contributed by atoms with Crippen molar-refractivity contribution in [3.8, 4) is 0 Å². The third kappa shape index (κ3) is 2.60. The van der Waals surface area contributed by atoms with Crippen molar-refractivity contribution in [2.45, 2.75) is 0 Å². The molecule has 0 bridgehead atoms. The van der Waals surface area contributed by atoms with Crippen LogP contribution in [0, 0.1) is 0 Å². The molecular weight excluding hydrogens is 266 g/mol. The predicted octanol–water partition coefficient (Wildman–Crippen LogP) is 1.71. The second-order valence-corrected chi connectivity index (χ2v) is 4.79. The molecule has 0 radical (unpaired) electrons. The molecule has 2 aromatic rings. The Bertz CT molecular complexity index is 630. The van der Waals surface area contributed by atoms with Crippen molar-refractivity contribution in [1.29, 1.82) is 0 Å². The summed E-state index contributed by atoms with van der Waals surface area (Å²) < 4.78 is 6.27. The number of hydrogen-bond acceptors (Lipinski definition) is 5. The van der Waals surface area contributed by atoms with Crippen molar-refractivity contribution in [2.24, 2.45) is 7.05 Å². The van der Waals surface area contributed by atoms with Gasteiger partial charge in [-0.3, -0.25) is 4.79 Å². The van der Waals surface area contributed by atoms with Gasteiger partial charge in [-0.15, -0.1) is 11.3 Å². The van der Waals surface area contributed by atoms with Crippen LogP contribution in [0.4, 0.5) is 11.4 Å². The molecule has 2 heterocycles. The summed E-state index contributed by atoms with van der Waals surface area (Å²) in [5, 5.41) is 4.38. The zero-order valence-corrected chi connectivity index (χ0v) is 11.3. The van der Waals surface area contributed by atoms with Gasteiger partial charge in [-0.1, -0.05) is 0 Å². The van der Waals surface area contributed by atoms with E-state index in [1.165, 1.54) is 18.4 Å². The lowest BCUT2D eigenvalue weighted by Gasteiger charge is -2.06. The second-order valence-electron chi connectivity index (χ2n) is 3.88. The number of rotatable bonds is 3. The molecule has 100 valence electrons. The zero-order valence-electron chi connectivity index (χ0n) is 10.5. The number of hydrogen-bond donors (Lipinski definition) is 2. The van der Waals surface area contributed by atoms with Crippen LogP contribution in [0.2, 0.25) is 0 Å². The molecule has 19 heavy (non-hydrogen) atoms. The monoisotopic (exact) mass is 279 g/mol. The summed E-state index contributed by atoms with van der Waals surface area (Å²) in [4.78, 5) is 23.9. The van der Waals surface area contributed by atoms with Crippen molar-refractivity contribution < 1.29 is 14.3 Å². The fraction of sp³-hybridized carbons (Fsp3) is 0.167. The van der Waals surface area contributed by atoms with Gasteiger partial charge in [0, 0.05) is 13.2 Å². The van der Waals surface area contributed by atoms with Crippen LogP contribution >= 0.6 is 11.3 Å². The Morgan fingerprint density at radius 3 is 2.79 bits per heavy atom. The van der Waals surface area contributed by atoms with Crippen molar-refractivity contribution in [2.75, 3.05) is 18.2 Å². The fourth-order valence-electron chi connectivity index (χ4n) is 1.66. The number of nitrogens with one attached hydrogen (secondary N) is 1. The van der Waals surface area contributed by atoms with E-state index in [2.05, 4.69) is 10.1 Å². The minimum absolute atomic E-state index is 0.331. The van der Waals surface area contributed by atoms with Gasteiger partial charge in [0.2, 0.25) is 0 Å². The number of amides is 1. The Balaban J connectivity index is 2.22. The van der Waals surface area contributed by atoms with E-state index in [0.717, 1.165) is 0 Å². The van der Waals surface area contributed by atoms with Gasteiger partial charge < -0.3 is 20.4 Å². The lowest BCUT2D eigenvalue weighted by Crippen LogP contribution is -2.16. The third-order valence-corrected chi connectivity index (χ3v) is 3.44. The van der Waals surface area contributed by atoms with Crippen LogP contribution in [-0.2, 0) is 11.8 Å². The van der Waals surface area contributed by atoms with Gasteiger partial charge in [-0.25, -0.2) is 4.79 Å². The van der Waals surface area contributed by atoms with E-state index in [1.54, 1.807) is 35.3 Å². The van der Waals surface area contributed by atoms with Crippen LogP contribution in [0.25, 0.3) is 0 Å². The summed E-state index contributed by atoms with van der Waals surface area (Å²) in [5.74, 6) is -0.806. The van der Waals surface area contributed by atoms with E-state index in [-0.39, 0.29) is 5.91 Å². The normalized spacial score (nSPS) is 10.2. The highest BCUT2D eigenvalue weighted by Gasteiger charge is 2.17. The van der Waals surface area contributed by atoms with Crippen molar-refractivity contribution >= 4 is 34.6 Å². The van der Waals surface area contributed by atoms with Gasteiger partial charge in [-0.2, -0.15) is 0 Å². The standard InChI is InChI=1S/C12H13N3O3S/c1-15-6-7(13)5-9(15)11(16)14-8-3-4-19-10(8)12(17)18-2/h3-6H,13H2,1-2H3,(H,14,16). The van der Waals surface area contributed by atoms with Crippen molar-refractivity contribution in [3.05, 3.63) is 34.3 Å². The van der Waals surface area contributed by atoms with Gasteiger partial charge in [0.25, 0.3) is 5.91 Å². The Morgan fingerprint density at radius 1 is 1.47 bits per heavy atom. The van der Waals surface area contributed by atoms with Gasteiger partial charge >= 0.3 is 5.97 Å². The number of aryl methyl sites for hydroxylation is 1. The maximum atomic E-state index is 12.1. The summed E-state index contributed by atoms with van der Waals surface area (Å²) in [6.07, 6.45) is 1.64. The molecule has 0 spiro atoms. The number of ether oxygens (including phenoxy) is 1. The van der Waals surface area contributed by atoms with E-state index in [0.29, 0.717) is 21.9 Å². The molecular formula is C12H13N3O3S.